The van der Waals surface area contributed by atoms with Crippen LogP contribution in [0.1, 0.15) is 45.1 Å². The molecule has 32 heavy (non-hydrogen) atoms. The van der Waals surface area contributed by atoms with Gasteiger partial charge in [0.25, 0.3) is 0 Å². The van der Waals surface area contributed by atoms with Gasteiger partial charge in [-0.05, 0) is 56.4 Å². The molecule has 1 fully saturated rings. The summed E-state index contributed by atoms with van der Waals surface area (Å²) in [6.07, 6.45) is 9.88. The van der Waals surface area contributed by atoms with Crippen molar-refractivity contribution in [3.8, 4) is 5.75 Å². The first-order valence-electron chi connectivity index (χ1n) is 10.8. The van der Waals surface area contributed by atoms with Gasteiger partial charge in [0.2, 0.25) is 0 Å². The molecule has 0 heterocycles. The molecular formula is C24H34N6O2. The standard InChI is InChI=1S/C24H34N6O2/c1-3-28-14-18(17-8-10-19(31)11-9-17)15-29-16(2)13-30-22(24(26)27)12-21(25)20-6-4-5-7-23(20)32/h3-7,12,14-17,30,32H,8-11,13,25-27H2,1-2H3/b18-14+,21-12-,28-3?,29-15?. The molecule has 0 saturated heterocycles. The molecule has 172 valence electrons. The summed E-state index contributed by atoms with van der Waals surface area (Å²) in [5.74, 6) is 0.776. The lowest BCUT2D eigenvalue weighted by molar-refractivity contribution is -0.120. The van der Waals surface area contributed by atoms with Gasteiger partial charge in [-0.1, -0.05) is 12.1 Å². The quantitative estimate of drug-likeness (QED) is 0.295. The fourth-order valence-electron chi connectivity index (χ4n) is 3.39. The van der Waals surface area contributed by atoms with Gasteiger partial charge >= 0.3 is 0 Å². The lowest BCUT2D eigenvalue weighted by Gasteiger charge is -2.21. The Hall–Kier alpha value is -3.55. The molecule has 1 aromatic rings. The summed E-state index contributed by atoms with van der Waals surface area (Å²) in [6, 6.07) is 6.70. The largest absolute Gasteiger partial charge is 0.507 e. The number of nitrogens with zero attached hydrogens (tertiary/aromatic N) is 2. The number of carbonyl (C=O) groups is 1. The normalized spacial score (nSPS) is 17.1. The third-order valence-electron chi connectivity index (χ3n) is 5.28. The SMILES string of the molecule is CC=N/C=C(\C=NC(C)CNC(/C=C(\N)c1ccccc1O)=C(N)N)C1CCC(=O)CC1. The number of hydrogen-bond donors (Lipinski definition) is 5. The topological polar surface area (TPSA) is 152 Å². The maximum absolute atomic E-state index is 11.6. The van der Waals surface area contributed by atoms with Crippen molar-refractivity contribution in [1.82, 2.24) is 5.32 Å². The van der Waals surface area contributed by atoms with Crippen molar-refractivity contribution in [3.63, 3.8) is 0 Å². The molecule has 0 spiro atoms. The van der Waals surface area contributed by atoms with E-state index >= 15 is 0 Å². The third-order valence-corrected chi connectivity index (χ3v) is 5.28. The van der Waals surface area contributed by atoms with E-state index in [0.29, 0.717) is 42.1 Å². The summed E-state index contributed by atoms with van der Waals surface area (Å²) in [4.78, 5) is 20.5. The number of carbonyl (C=O) groups excluding carboxylic acids is 1. The Bertz CT molecular complexity index is 932. The molecule has 0 radical (unpaired) electrons. The Kier molecular flexibility index (Phi) is 9.53. The highest BCUT2D eigenvalue weighted by molar-refractivity contribution is 5.82. The van der Waals surface area contributed by atoms with E-state index in [1.54, 1.807) is 36.6 Å². The number of hydrogen-bond acceptors (Lipinski definition) is 8. The zero-order valence-corrected chi connectivity index (χ0v) is 18.8. The fraction of sp³-hybridized carbons (Fsp3) is 0.375. The van der Waals surface area contributed by atoms with E-state index in [9.17, 15) is 9.90 Å². The van der Waals surface area contributed by atoms with E-state index in [-0.39, 0.29) is 23.5 Å². The van der Waals surface area contributed by atoms with Crippen LogP contribution in [0.2, 0.25) is 0 Å². The summed E-state index contributed by atoms with van der Waals surface area (Å²) in [6.45, 7) is 4.30. The molecule has 1 unspecified atom stereocenters. The number of nitrogens with one attached hydrogen (secondary N) is 1. The Morgan fingerprint density at radius 3 is 2.56 bits per heavy atom. The second-order valence-electron chi connectivity index (χ2n) is 7.84. The van der Waals surface area contributed by atoms with Crippen LogP contribution in [0.15, 0.2) is 63.6 Å². The molecule has 0 bridgehead atoms. The van der Waals surface area contributed by atoms with Crippen molar-refractivity contribution in [3.05, 3.63) is 59.2 Å². The van der Waals surface area contributed by atoms with Crippen molar-refractivity contribution in [2.75, 3.05) is 6.54 Å². The van der Waals surface area contributed by atoms with Crippen molar-refractivity contribution >= 4 is 23.9 Å². The van der Waals surface area contributed by atoms with E-state index in [0.717, 1.165) is 18.4 Å². The van der Waals surface area contributed by atoms with E-state index in [1.165, 1.54) is 0 Å². The number of allylic oxidation sites excluding steroid dienone is 2. The summed E-state index contributed by atoms with van der Waals surface area (Å²) >= 11 is 0. The molecule has 1 aliphatic carbocycles. The second kappa shape index (κ2) is 12.3. The highest BCUT2D eigenvalue weighted by Crippen LogP contribution is 2.27. The van der Waals surface area contributed by atoms with Gasteiger partial charge in [-0.3, -0.25) is 14.8 Å². The maximum Gasteiger partial charge on any atom is 0.132 e. The van der Waals surface area contributed by atoms with Crippen LogP contribution in [0.25, 0.3) is 5.70 Å². The predicted molar refractivity (Wildman–Crippen MR) is 131 cm³/mol. The molecule has 8 heteroatoms. The lowest BCUT2D eigenvalue weighted by atomic mass is 9.84. The van der Waals surface area contributed by atoms with Crippen LogP contribution in [0.4, 0.5) is 0 Å². The van der Waals surface area contributed by atoms with Crippen LogP contribution in [0, 0.1) is 5.92 Å². The lowest BCUT2D eigenvalue weighted by Crippen LogP contribution is -2.28. The third kappa shape index (κ3) is 7.61. The second-order valence-corrected chi connectivity index (χ2v) is 7.84. The molecule has 1 aliphatic rings. The molecule has 0 aliphatic heterocycles. The Labute approximate surface area is 189 Å². The molecule has 1 saturated carbocycles. The van der Waals surface area contributed by atoms with Gasteiger partial charge in [-0.25, -0.2) is 0 Å². The highest BCUT2D eigenvalue weighted by Gasteiger charge is 2.21. The average Bonchev–Trinajstić information content (AvgIpc) is 2.77. The number of aliphatic imine (C=N–C) groups is 2. The molecule has 8 nitrogen and oxygen atoms in total. The summed E-state index contributed by atoms with van der Waals surface area (Å²) in [7, 11) is 0. The number of para-hydroxylation sites is 1. The van der Waals surface area contributed by atoms with E-state index in [1.807, 2.05) is 26.3 Å². The minimum atomic E-state index is -0.0802. The number of phenolic OH excluding ortho intramolecular Hbond substituents is 1. The van der Waals surface area contributed by atoms with Crippen LogP contribution < -0.4 is 22.5 Å². The first-order valence-corrected chi connectivity index (χ1v) is 10.8. The first kappa shape index (κ1) is 24.7. The van der Waals surface area contributed by atoms with Crippen LogP contribution in [0.3, 0.4) is 0 Å². The zero-order chi connectivity index (χ0) is 23.5. The Balaban J connectivity index is 2.04. The van der Waals surface area contributed by atoms with Crippen LogP contribution in [-0.4, -0.2) is 35.9 Å². The van der Waals surface area contributed by atoms with Gasteiger partial charge < -0.3 is 27.6 Å². The monoisotopic (exact) mass is 438 g/mol. The summed E-state index contributed by atoms with van der Waals surface area (Å²) in [5.41, 5.74) is 20.1. The summed E-state index contributed by atoms with van der Waals surface area (Å²) < 4.78 is 0. The van der Waals surface area contributed by atoms with Crippen LogP contribution in [0.5, 0.6) is 5.75 Å². The number of aromatic hydroxyl groups is 1. The van der Waals surface area contributed by atoms with Crippen LogP contribution >= 0.6 is 0 Å². The van der Waals surface area contributed by atoms with Gasteiger partial charge in [-0.2, -0.15) is 0 Å². The van der Waals surface area contributed by atoms with Crippen LogP contribution in [-0.2, 0) is 4.79 Å². The first-order chi connectivity index (χ1) is 15.3. The minimum Gasteiger partial charge on any atom is -0.507 e. The van der Waals surface area contributed by atoms with Crippen molar-refractivity contribution in [2.24, 2.45) is 33.1 Å². The van der Waals surface area contributed by atoms with E-state index in [4.69, 9.17) is 17.2 Å². The zero-order valence-electron chi connectivity index (χ0n) is 18.8. The molecule has 1 atom stereocenters. The van der Waals surface area contributed by atoms with Gasteiger partial charge in [0.05, 0.1) is 11.7 Å². The molecule has 1 aromatic carbocycles. The van der Waals surface area contributed by atoms with Crippen molar-refractivity contribution in [2.45, 2.75) is 45.6 Å². The number of benzene rings is 1. The molecular weight excluding hydrogens is 404 g/mol. The van der Waals surface area contributed by atoms with Gasteiger partial charge in [0.1, 0.15) is 17.4 Å². The molecule has 0 amide bonds. The maximum atomic E-state index is 11.6. The smallest absolute Gasteiger partial charge is 0.132 e. The minimum absolute atomic E-state index is 0.0765. The average molecular weight is 439 g/mol. The fourth-order valence-corrected chi connectivity index (χ4v) is 3.39. The number of ketones is 1. The van der Waals surface area contributed by atoms with Crippen molar-refractivity contribution in [1.29, 1.82) is 0 Å². The van der Waals surface area contributed by atoms with E-state index < -0.39 is 0 Å². The number of phenols is 1. The van der Waals surface area contributed by atoms with Gasteiger partial charge in [-0.15, -0.1) is 0 Å². The van der Waals surface area contributed by atoms with E-state index in [2.05, 4.69) is 15.3 Å². The molecule has 2 rings (SSSR count). The van der Waals surface area contributed by atoms with Gasteiger partial charge in [0, 0.05) is 49.3 Å². The number of Topliss-reactive ketones (excluding diaryl/α,β-unsaturated/α-hetero) is 1. The Morgan fingerprint density at radius 2 is 1.94 bits per heavy atom. The molecule has 0 aromatic heterocycles. The summed E-state index contributed by atoms with van der Waals surface area (Å²) in [5, 5.41) is 13.2. The number of nitrogens with two attached hydrogens (primary N) is 3. The van der Waals surface area contributed by atoms with Gasteiger partial charge in [0.15, 0.2) is 0 Å². The Morgan fingerprint density at radius 1 is 1.25 bits per heavy atom. The number of rotatable bonds is 9. The van der Waals surface area contributed by atoms with Crippen molar-refractivity contribution < 1.29 is 9.90 Å². The molecule has 8 N–H and O–H groups in total. The predicted octanol–water partition coefficient (Wildman–Crippen LogP) is 2.56. The highest BCUT2D eigenvalue weighted by atomic mass is 16.3.